The topological polar surface area (TPSA) is 123 Å². The highest BCUT2D eigenvalue weighted by atomic mass is 32.2. The highest BCUT2D eigenvalue weighted by Gasteiger charge is 2.22. The minimum atomic E-state index is -0.211. The number of rotatable bonds is 5. The van der Waals surface area contributed by atoms with E-state index >= 15 is 0 Å². The highest BCUT2D eigenvalue weighted by molar-refractivity contribution is 7.99. The number of thiophene rings is 1. The summed E-state index contributed by atoms with van der Waals surface area (Å²) < 4.78 is 6.56. The zero-order valence-corrected chi connectivity index (χ0v) is 15.9. The molecule has 3 N–H and O–H groups in total. The Morgan fingerprint density at radius 1 is 1.44 bits per heavy atom. The molecule has 0 unspecified atom stereocenters. The van der Waals surface area contributed by atoms with Crippen molar-refractivity contribution in [2.24, 2.45) is 0 Å². The average molecular weight is 400 g/mol. The second kappa shape index (κ2) is 7.46. The molecular weight excluding hydrogens is 384 g/mol. The SMILES string of the molecule is N#Cc1c(NC(=O)CSc2nnc(-c3ccco3)n2N)sc2c1CCCC2. The van der Waals surface area contributed by atoms with Gasteiger partial charge in [-0.05, 0) is 43.4 Å². The number of nitrogens with two attached hydrogens (primary N) is 1. The first-order chi connectivity index (χ1) is 13.2. The third-order valence-electron chi connectivity index (χ3n) is 4.27. The fraction of sp³-hybridized carbons (Fsp3) is 0.294. The van der Waals surface area contributed by atoms with Crippen LogP contribution in [0.25, 0.3) is 11.6 Å². The molecule has 0 saturated heterocycles. The fourth-order valence-electron chi connectivity index (χ4n) is 3.01. The molecule has 0 bridgehead atoms. The molecule has 0 spiro atoms. The molecule has 0 saturated carbocycles. The summed E-state index contributed by atoms with van der Waals surface area (Å²) in [6.45, 7) is 0. The molecule has 138 valence electrons. The van der Waals surface area contributed by atoms with Gasteiger partial charge in [0.2, 0.25) is 16.9 Å². The third kappa shape index (κ3) is 3.43. The van der Waals surface area contributed by atoms with E-state index in [4.69, 9.17) is 10.3 Å². The summed E-state index contributed by atoms with van der Waals surface area (Å²) in [7, 11) is 0. The zero-order chi connectivity index (χ0) is 18.8. The van der Waals surface area contributed by atoms with Crippen molar-refractivity contribution in [2.45, 2.75) is 30.8 Å². The van der Waals surface area contributed by atoms with Crippen LogP contribution >= 0.6 is 23.1 Å². The molecule has 10 heteroatoms. The van der Waals surface area contributed by atoms with E-state index in [1.54, 1.807) is 12.1 Å². The normalized spacial score (nSPS) is 13.1. The van der Waals surface area contributed by atoms with Crippen LogP contribution in [0.3, 0.4) is 0 Å². The summed E-state index contributed by atoms with van der Waals surface area (Å²) in [6.07, 6.45) is 5.63. The van der Waals surface area contributed by atoms with Crippen molar-refractivity contribution in [1.29, 1.82) is 5.26 Å². The first-order valence-electron chi connectivity index (χ1n) is 8.39. The molecule has 0 radical (unpaired) electrons. The maximum absolute atomic E-state index is 12.4. The average Bonchev–Trinajstić information content (AvgIpc) is 3.38. The van der Waals surface area contributed by atoms with Gasteiger partial charge in [0, 0.05) is 4.88 Å². The summed E-state index contributed by atoms with van der Waals surface area (Å²) in [4.78, 5) is 13.6. The van der Waals surface area contributed by atoms with Crippen LogP contribution in [-0.4, -0.2) is 26.5 Å². The van der Waals surface area contributed by atoms with Crippen LogP contribution in [0.2, 0.25) is 0 Å². The number of thioether (sulfide) groups is 1. The summed E-state index contributed by atoms with van der Waals surface area (Å²) in [6, 6.07) is 5.71. The summed E-state index contributed by atoms with van der Waals surface area (Å²) >= 11 is 2.68. The van der Waals surface area contributed by atoms with E-state index in [2.05, 4.69) is 21.6 Å². The number of hydrogen-bond acceptors (Lipinski definition) is 8. The van der Waals surface area contributed by atoms with Gasteiger partial charge in [-0.2, -0.15) is 5.26 Å². The molecule has 3 aromatic heterocycles. The van der Waals surface area contributed by atoms with Gasteiger partial charge in [-0.25, -0.2) is 4.68 Å². The van der Waals surface area contributed by atoms with E-state index in [0.717, 1.165) is 31.2 Å². The number of nitriles is 1. The van der Waals surface area contributed by atoms with Crippen LogP contribution in [-0.2, 0) is 17.6 Å². The molecule has 1 amide bonds. The number of furan rings is 1. The Bertz CT molecular complexity index is 1020. The van der Waals surface area contributed by atoms with Crippen molar-refractivity contribution in [1.82, 2.24) is 14.9 Å². The molecule has 0 fully saturated rings. The fourth-order valence-corrected chi connectivity index (χ4v) is 4.93. The number of nitrogens with one attached hydrogen (secondary N) is 1. The van der Waals surface area contributed by atoms with Crippen molar-refractivity contribution in [2.75, 3.05) is 16.9 Å². The molecule has 0 aromatic carbocycles. The van der Waals surface area contributed by atoms with Gasteiger partial charge in [0.1, 0.15) is 11.1 Å². The largest absolute Gasteiger partial charge is 0.461 e. The molecule has 1 aliphatic rings. The van der Waals surface area contributed by atoms with Gasteiger partial charge < -0.3 is 15.6 Å². The summed E-state index contributed by atoms with van der Waals surface area (Å²) in [5.41, 5.74) is 1.71. The van der Waals surface area contributed by atoms with Gasteiger partial charge >= 0.3 is 0 Å². The zero-order valence-electron chi connectivity index (χ0n) is 14.3. The van der Waals surface area contributed by atoms with Crippen LogP contribution in [0.15, 0.2) is 28.0 Å². The smallest absolute Gasteiger partial charge is 0.235 e. The molecule has 8 nitrogen and oxygen atoms in total. The van der Waals surface area contributed by atoms with Gasteiger partial charge in [0.05, 0.1) is 17.6 Å². The predicted octanol–water partition coefficient (Wildman–Crippen LogP) is 2.79. The van der Waals surface area contributed by atoms with Gasteiger partial charge in [-0.1, -0.05) is 11.8 Å². The van der Waals surface area contributed by atoms with Gasteiger partial charge in [0.25, 0.3) is 0 Å². The van der Waals surface area contributed by atoms with Crippen LogP contribution in [0, 0.1) is 11.3 Å². The number of carbonyl (C=O) groups is 1. The lowest BCUT2D eigenvalue weighted by atomic mass is 9.96. The number of hydrogen-bond donors (Lipinski definition) is 2. The highest BCUT2D eigenvalue weighted by Crippen LogP contribution is 2.37. The molecule has 4 rings (SSSR count). The molecular formula is C17H16N6O2S2. The Labute approximate surface area is 163 Å². The Morgan fingerprint density at radius 2 is 2.30 bits per heavy atom. The van der Waals surface area contributed by atoms with Crippen LogP contribution in [0.4, 0.5) is 5.00 Å². The summed E-state index contributed by atoms with van der Waals surface area (Å²) in [5.74, 6) is 6.78. The van der Waals surface area contributed by atoms with Gasteiger partial charge in [-0.3, -0.25) is 4.79 Å². The quantitative estimate of drug-likeness (QED) is 0.498. The molecule has 3 aromatic rings. The third-order valence-corrected chi connectivity index (χ3v) is 6.42. The Balaban J connectivity index is 1.43. The van der Waals surface area contributed by atoms with Crippen molar-refractivity contribution < 1.29 is 9.21 Å². The monoisotopic (exact) mass is 400 g/mol. The standard InChI is InChI=1S/C17H16N6O2S2/c18-8-11-10-4-1-2-6-13(10)27-16(11)20-14(24)9-26-17-22-21-15(23(17)19)12-5-3-7-25-12/h3,5,7H,1-2,4,6,9,19H2,(H,20,24). The van der Waals surface area contributed by atoms with Crippen molar-refractivity contribution in [3.8, 4) is 17.7 Å². The number of nitrogen functional groups attached to an aromatic ring is 1. The Kier molecular flexibility index (Phi) is 4.87. The van der Waals surface area contributed by atoms with Gasteiger partial charge in [-0.15, -0.1) is 21.5 Å². The number of aryl methyl sites for hydroxylation is 1. The predicted molar refractivity (Wildman–Crippen MR) is 103 cm³/mol. The number of nitrogens with zero attached hydrogens (tertiary/aromatic N) is 4. The Morgan fingerprint density at radius 3 is 3.07 bits per heavy atom. The first kappa shape index (κ1) is 17.6. The van der Waals surface area contributed by atoms with E-state index < -0.39 is 0 Å². The number of amides is 1. The van der Waals surface area contributed by atoms with Crippen LogP contribution in [0.1, 0.15) is 28.8 Å². The van der Waals surface area contributed by atoms with E-state index in [1.165, 1.54) is 38.9 Å². The minimum Gasteiger partial charge on any atom is -0.461 e. The molecule has 27 heavy (non-hydrogen) atoms. The van der Waals surface area contributed by atoms with Crippen LogP contribution in [0.5, 0.6) is 0 Å². The number of aromatic nitrogens is 3. The lowest BCUT2D eigenvalue weighted by Crippen LogP contribution is -2.16. The molecule has 3 heterocycles. The van der Waals surface area contributed by atoms with E-state index in [9.17, 15) is 10.1 Å². The second-order valence-electron chi connectivity index (χ2n) is 6.02. The van der Waals surface area contributed by atoms with Crippen molar-refractivity contribution in [3.05, 3.63) is 34.4 Å². The van der Waals surface area contributed by atoms with E-state index in [0.29, 0.717) is 27.3 Å². The maximum Gasteiger partial charge on any atom is 0.235 e. The number of carbonyl (C=O) groups excluding carboxylic acids is 1. The maximum atomic E-state index is 12.4. The number of fused-ring (bicyclic) bond motifs is 1. The molecule has 0 atom stereocenters. The summed E-state index contributed by atoms with van der Waals surface area (Å²) in [5, 5.41) is 21.4. The van der Waals surface area contributed by atoms with E-state index in [1.807, 2.05) is 0 Å². The lowest BCUT2D eigenvalue weighted by molar-refractivity contribution is -0.113. The molecule has 0 aliphatic heterocycles. The first-order valence-corrected chi connectivity index (χ1v) is 10.2. The van der Waals surface area contributed by atoms with Crippen molar-refractivity contribution >= 4 is 34.0 Å². The van der Waals surface area contributed by atoms with Gasteiger partial charge in [0.15, 0.2) is 5.76 Å². The minimum absolute atomic E-state index is 0.112. The van der Waals surface area contributed by atoms with Crippen LogP contribution < -0.4 is 11.2 Å². The molecule has 1 aliphatic carbocycles. The van der Waals surface area contributed by atoms with E-state index in [-0.39, 0.29) is 11.7 Å². The second-order valence-corrected chi connectivity index (χ2v) is 8.06. The number of anilines is 1. The lowest BCUT2D eigenvalue weighted by Gasteiger charge is -2.09. The Hall–Kier alpha value is -2.77. The van der Waals surface area contributed by atoms with Crippen molar-refractivity contribution in [3.63, 3.8) is 0 Å².